The first kappa shape index (κ1) is 14.0. The van der Waals surface area contributed by atoms with Gasteiger partial charge in [0.05, 0.1) is 18.8 Å². The van der Waals surface area contributed by atoms with E-state index in [0.717, 1.165) is 21.3 Å². The molecule has 108 valence electrons. The molecule has 3 N–H and O–H groups in total. The van der Waals surface area contributed by atoms with Gasteiger partial charge in [0.15, 0.2) is 0 Å². The SMILES string of the molecule is COc1ccc(C2=CC(c3ccc(Br)cc3)NN2)c(O)c1. The number of nitrogens with one attached hydrogen (secondary N) is 2. The molecule has 0 saturated carbocycles. The van der Waals surface area contributed by atoms with Crippen molar-refractivity contribution < 1.29 is 9.84 Å². The van der Waals surface area contributed by atoms with Gasteiger partial charge in [0.1, 0.15) is 11.5 Å². The Balaban J connectivity index is 1.87. The maximum atomic E-state index is 10.1. The first-order chi connectivity index (χ1) is 10.2. The largest absolute Gasteiger partial charge is 0.507 e. The highest BCUT2D eigenvalue weighted by Crippen LogP contribution is 2.32. The zero-order chi connectivity index (χ0) is 14.8. The van der Waals surface area contributed by atoms with E-state index in [0.29, 0.717) is 5.75 Å². The minimum absolute atomic E-state index is 0.0644. The second-order valence-electron chi connectivity index (χ2n) is 4.76. The van der Waals surface area contributed by atoms with E-state index in [9.17, 15) is 5.11 Å². The molecule has 0 fully saturated rings. The minimum Gasteiger partial charge on any atom is -0.507 e. The van der Waals surface area contributed by atoms with Crippen molar-refractivity contribution >= 4 is 21.6 Å². The van der Waals surface area contributed by atoms with Gasteiger partial charge in [-0.3, -0.25) is 0 Å². The van der Waals surface area contributed by atoms with Crippen LogP contribution in [0.25, 0.3) is 5.70 Å². The third kappa shape index (κ3) is 2.89. The molecule has 3 rings (SSSR count). The van der Waals surface area contributed by atoms with Crippen LogP contribution in [0.3, 0.4) is 0 Å². The zero-order valence-corrected chi connectivity index (χ0v) is 13.0. The lowest BCUT2D eigenvalue weighted by Crippen LogP contribution is -2.26. The number of rotatable bonds is 3. The van der Waals surface area contributed by atoms with Crippen LogP contribution in [0.4, 0.5) is 0 Å². The van der Waals surface area contributed by atoms with Crippen LogP contribution in [0.15, 0.2) is 53.0 Å². The van der Waals surface area contributed by atoms with Crippen molar-refractivity contribution in [1.82, 2.24) is 10.9 Å². The molecule has 0 amide bonds. The first-order valence-electron chi connectivity index (χ1n) is 6.53. The number of benzene rings is 2. The molecule has 0 bridgehead atoms. The molecule has 1 unspecified atom stereocenters. The lowest BCUT2D eigenvalue weighted by Gasteiger charge is -2.09. The molecule has 4 nitrogen and oxygen atoms in total. The molecule has 0 saturated heterocycles. The fraction of sp³-hybridized carbons (Fsp3) is 0.125. The summed E-state index contributed by atoms with van der Waals surface area (Å²) in [5.74, 6) is 0.818. The van der Waals surface area contributed by atoms with E-state index in [1.165, 1.54) is 0 Å². The molecular weight excluding hydrogens is 332 g/mol. The summed E-state index contributed by atoms with van der Waals surface area (Å²) in [6.07, 6.45) is 2.05. The van der Waals surface area contributed by atoms with Crippen molar-refractivity contribution in [2.24, 2.45) is 0 Å². The second kappa shape index (κ2) is 5.79. The number of phenols is 1. The predicted molar refractivity (Wildman–Crippen MR) is 85.8 cm³/mol. The molecule has 0 radical (unpaired) electrons. The Morgan fingerprint density at radius 1 is 1.14 bits per heavy atom. The average molecular weight is 347 g/mol. The van der Waals surface area contributed by atoms with E-state index >= 15 is 0 Å². The summed E-state index contributed by atoms with van der Waals surface area (Å²) in [5, 5.41) is 10.1. The number of hydrogen-bond donors (Lipinski definition) is 3. The Kier molecular flexibility index (Phi) is 3.86. The molecule has 21 heavy (non-hydrogen) atoms. The predicted octanol–water partition coefficient (Wildman–Crippen LogP) is 3.35. The summed E-state index contributed by atoms with van der Waals surface area (Å²) < 4.78 is 6.14. The molecule has 2 aromatic carbocycles. The van der Waals surface area contributed by atoms with Crippen LogP contribution in [-0.2, 0) is 0 Å². The van der Waals surface area contributed by atoms with Gasteiger partial charge in [0.25, 0.3) is 0 Å². The summed E-state index contributed by atoms with van der Waals surface area (Å²) in [6.45, 7) is 0. The fourth-order valence-corrected chi connectivity index (χ4v) is 2.54. The highest BCUT2D eigenvalue weighted by Gasteiger charge is 2.19. The number of halogens is 1. The average Bonchev–Trinajstić information content (AvgIpc) is 2.97. The van der Waals surface area contributed by atoms with Gasteiger partial charge >= 0.3 is 0 Å². The molecule has 5 heteroatoms. The van der Waals surface area contributed by atoms with Crippen LogP contribution < -0.4 is 15.6 Å². The fourth-order valence-electron chi connectivity index (χ4n) is 2.28. The van der Waals surface area contributed by atoms with Crippen LogP contribution >= 0.6 is 15.9 Å². The maximum Gasteiger partial charge on any atom is 0.128 e. The molecule has 1 aliphatic rings. The first-order valence-corrected chi connectivity index (χ1v) is 7.33. The number of phenolic OH excluding ortho intramolecular Hbond substituents is 1. The van der Waals surface area contributed by atoms with Crippen LogP contribution in [0, 0.1) is 0 Å². The third-order valence-electron chi connectivity index (χ3n) is 3.42. The minimum atomic E-state index is 0.0644. The van der Waals surface area contributed by atoms with Gasteiger partial charge in [-0.05, 0) is 35.9 Å². The van der Waals surface area contributed by atoms with Crippen LogP contribution in [-0.4, -0.2) is 12.2 Å². The van der Waals surface area contributed by atoms with Crippen LogP contribution in [0.5, 0.6) is 11.5 Å². The Morgan fingerprint density at radius 3 is 2.57 bits per heavy atom. The number of hydrogen-bond acceptors (Lipinski definition) is 4. The smallest absolute Gasteiger partial charge is 0.128 e. The zero-order valence-electron chi connectivity index (χ0n) is 11.4. The topological polar surface area (TPSA) is 53.5 Å². The quantitative estimate of drug-likeness (QED) is 0.797. The second-order valence-corrected chi connectivity index (χ2v) is 5.68. The number of ether oxygens (including phenoxy) is 1. The van der Waals surface area contributed by atoms with Crippen molar-refractivity contribution in [3.63, 3.8) is 0 Å². The van der Waals surface area contributed by atoms with E-state index in [4.69, 9.17) is 4.74 Å². The molecule has 0 aliphatic carbocycles. The molecule has 1 atom stereocenters. The number of methoxy groups -OCH3 is 1. The van der Waals surface area contributed by atoms with Gasteiger partial charge in [0.2, 0.25) is 0 Å². The van der Waals surface area contributed by atoms with E-state index in [1.54, 1.807) is 13.2 Å². The lowest BCUT2D eigenvalue weighted by atomic mass is 10.0. The third-order valence-corrected chi connectivity index (χ3v) is 3.95. The van der Waals surface area contributed by atoms with E-state index in [1.807, 2.05) is 30.3 Å². The number of aromatic hydroxyl groups is 1. The monoisotopic (exact) mass is 346 g/mol. The van der Waals surface area contributed by atoms with Crippen molar-refractivity contribution in [2.45, 2.75) is 6.04 Å². The molecule has 2 aromatic rings. The van der Waals surface area contributed by atoms with Crippen molar-refractivity contribution in [2.75, 3.05) is 7.11 Å². The maximum absolute atomic E-state index is 10.1. The normalized spacial score (nSPS) is 17.2. The van der Waals surface area contributed by atoms with E-state index < -0.39 is 0 Å². The Labute approximate surface area is 131 Å². The summed E-state index contributed by atoms with van der Waals surface area (Å²) in [4.78, 5) is 0. The highest BCUT2D eigenvalue weighted by atomic mass is 79.9. The molecular formula is C16H15BrN2O2. The van der Waals surface area contributed by atoms with Gasteiger partial charge in [-0.1, -0.05) is 28.1 Å². The summed E-state index contributed by atoms with van der Waals surface area (Å²) in [5.41, 5.74) is 9.05. The summed E-state index contributed by atoms with van der Waals surface area (Å²) in [7, 11) is 1.58. The molecule has 0 spiro atoms. The summed E-state index contributed by atoms with van der Waals surface area (Å²) in [6, 6.07) is 13.4. The Morgan fingerprint density at radius 2 is 1.90 bits per heavy atom. The van der Waals surface area contributed by atoms with Gasteiger partial charge in [-0.25, -0.2) is 5.43 Å². The van der Waals surface area contributed by atoms with Crippen molar-refractivity contribution in [1.29, 1.82) is 0 Å². The van der Waals surface area contributed by atoms with E-state index in [-0.39, 0.29) is 11.8 Å². The van der Waals surface area contributed by atoms with Gasteiger partial charge in [-0.2, -0.15) is 0 Å². The molecule has 1 aliphatic heterocycles. The Bertz CT molecular complexity index is 683. The standard InChI is InChI=1S/C16H15BrN2O2/c1-21-12-6-7-13(16(20)8-12)15-9-14(18-19-15)10-2-4-11(17)5-3-10/h2-9,14,18-20H,1H3. The van der Waals surface area contributed by atoms with Crippen molar-refractivity contribution in [3.05, 3.63) is 64.1 Å². The molecule has 0 aromatic heterocycles. The van der Waals surface area contributed by atoms with E-state index in [2.05, 4.69) is 38.9 Å². The van der Waals surface area contributed by atoms with Gasteiger partial charge in [0, 0.05) is 16.1 Å². The number of hydrazine groups is 1. The van der Waals surface area contributed by atoms with Gasteiger partial charge in [-0.15, -0.1) is 0 Å². The molecule has 1 heterocycles. The van der Waals surface area contributed by atoms with Crippen LogP contribution in [0.1, 0.15) is 17.2 Å². The Hall–Kier alpha value is -1.98. The summed E-state index contributed by atoms with van der Waals surface area (Å²) >= 11 is 3.43. The van der Waals surface area contributed by atoms with Crippen molar-refractivity contribution in [3.8, 4) is 11.5 Å². The lowest BCUT2D eigenvalue weighted by molar-refractivity contribution is 0.407. The van der Waals surface area contributed by atoms with Gasteiger partial charge < -0.3 is 15.3 Å². The highest BCUT2D eigenvalue weighted by molar-refractivity contribution is 9.10. The van der Waals surface area contributed by atoms with Crippen LogP contribution in [0.2, 0.25) is 0 Å².